The zero-order valence-corrected chi connectivity index (χ0v) is 9.55. The van der Waals surface area contributed by atoms with Crippen molar-refractivity contribution < 1.29 is 9.84 Å². The fourth-order valence-electron chi connectivity index (χ4n) is 1.96. The third kappa shape index (κ3) is 2.08. The molecule has 2 aromatic carbocycles. The highest BCUT2D eigenvalue weighted by Gasteiger charge is 2.12. The van der Waals surface area contributed by atoms with Crippen molar-refractivity contribution in [2.75, 3.05) is 7.11 Å². The SMILES string of the molecule is COc1ccc(C(O)CC#N)c2ccccc12. The molecule has 0 aliphatic carbocycles. The number of aliphatic hydroxyl groups excluding tert-OH is 1. The van der Waals surface area contributed by atoms with Gasteiger partial charge in [0.1, 0.15) is 5.75 Å². The monoisotopic (exact) mass is 227 g/mol. The Morgan fingerprint density at radius 2 is 1.94 bits per heavy atom. The minimum Gasteiger partial charge on any atom is -0.496 e. The molecule has 1 atom stereocenters. The van der Waals surface area contributed by atoms with Gasteiger partial charge in [0.05, 0.1) is 25.7 Å². The Bertz CT molecular complexity index is 572. The Labute approximate surface area is 99.9 Å². The molecule has 1 N–H and O–H groups in total. The van der Waals surface area contributed by atoms with E-state index >= 15 is 0 Å². The summed E-state index contributed by atoms with van der Waals surface area (Å²) in [5.74, 6) is 0.772. The Hall–Kier alpha value is -2.05. The highest BCUT2D eigenvalue weighted by atomic mass is 16.5. The van der Waals surface area contributed by atoms with Crippen molar-refractivity contribution in [2.45, 2.75) is 12.5 Å². The molecule has 17 heavy (non-hydrogen) atoms. The lowest BCUT2D eigenvalue weighted by molar-refractivity contribution is 0.185. The molecule has 0 heterocycles. The van der Waals surface area contributed by atoms with Crippen molar-refractivity contribution in [1.29, 1.82) is 5.26 Å². The van der Waals surface area contributed by atoms with E-state index in [4.69, 9.17) is 10.00 Å². The molecule has 0 aromatic heterocycles. The Morgan fingerprint density at radius 3 is 2.59 bits per heavy atom. The van der Waals surface area contributed by atoms with Crippen molar-refractivity contribution in [3.63, 3.8) is 0 Å². The van der Waals surface area contributed by atoms with E-state index in [2.05, 4.69) is 0 Å². The van der Waals surface area contributed by atoms with E-state index in [9.17, 15) is 5.11 Å². The average molecular weight is 227 g/mol. The lowest BCUT2D eigenvalue weighted by Crippen LogP contribution is -1.98. The molecule has 3 heteroatoms. The molecule has 0 saturated heterocycles. The van der Waals surface area contributed by atoms with E-state index in [0.717, 1.165) is 22.1 Å². The first-order chi connectivity index (χ1) is 8.27. The summed E-state index contributed by atoms with van der Waals surface area (Å²) in [5, 5.41) is 20.4. The normalized spacial score (nSPS) is 12.1. The number of ether oxygens (including phenoxy) is 1. The Kier molecular flexibility index (Phi) is 3.27. The molecule has 0 fully saturated rings. The van der Waals surface area contributed by atoms with E-state index in [0.29, 0.717) is 0 Å². The van der Waals surface area contributed by atoms with Gasteiger partial charge in [-0.2, -0.15) is 5.26 Å². The predicted octanol–water partition coefficient (Wildman–Crippen LogP) is 2.80. The molecule has 2 aromatic rings. The first kappa shape index (κ1) is 11.4. The van der Waals surface area contributed by atoms with Gasteiger partial charge >= 0.3 is 0 Å². The number of rotatable bonds is 3. The van der Waals surface area contributed by atoms with Crippen LogP contribution in [0.2, 0.25) is 0 Å². The van der Waals surface area contributed by atoms with Crippen LogP contribution in [0.25, 0.3) is 10.8 Å². The van der Waals surface area contributed by atoms with Crippen molar-refractivity contribution in [3.05, 3.63) is 42.0 Å². The summed E-state index contributed by atoms with van der Waals surface area (Å²) in [6.07, 6.45) is -0.660. The number of methoxy groups -OCH3 is 1. The number of nitrogens with zero attached hydrogens (tertiary/aromatic N) is 1. The van der Waals surface area contributed by atoms with E-state index in [1.807, 2.05) is 42.5 Å². The zero-order chi connectivity index (χ0) is 12.3. The van der Waals surface area contributed by atoms with Gasteiger partial charge < -0.3 is 9.84 Å². The van der Waals surface area contributed by atoms with Crippen LogP contribution in [0.4, 0.5) is 0 Å². The fourth-order valence-corrected chi connectivity index (χ4v) is 1.96. The van der Waals surface area contributed by atoms with E-state index in [1.54, 1.807) is 7.11 Å². The second-order valence-electron chi connectivity index (χ2n) is 3.78. The molecule has 1 unspecified atom stereocenters. The first-order valence-electron chi connectivity index (χ1n) is 5.38. The van der Waals surface area contributed by atoms with Crippen LogP contribution in [0.1, 0.15) is 18.1 Å². The largest absolute Gasteiger partial charge is 0.496 e. The maximum Gasteiger partial charge on any atom is 0.126 e. The summed E-state index contributed by atoms with van der Waals surface area (Å²) in [6, 6.07) is 13.3. The summed E-state index contributed by atoms with van der Waals surface area (Å²) in [5.41, 5.74) is 0.767. The predicted molar refractivity (Wildman–Crippen MR) is 65.7 cm³/mol. The molecule has 3 nitrogen and oxygen atoms in total. The van der Waals surface area contributed by atoms with Gasteiger partial charge in [-0.25, -0.2) is 0 Å². The van der Waals surface area contributed by atoms with Gasteiger partial charge in [-0.1, -0.05) is 30.3 Å². The van der Waals surface area contributed by atoms with E-state index in [1.165, 1.54) is 0 Å². The van der Waals surface area contributed by atoms with E-state index < -0.39 is 6.10 Å². The van der Waals surface area contributed by atoms with Gasteiger partial charge in [0.15, 0.2) is 0 Å². The Morgan fingerprint density at radius 1 is 1.24 bits per heavy atom. The number of hydrogen-bond donors (Lipinski definition) is 1. The van der Waals surface area contributed by atoms with Crippen molar-refractivity contribution in [2.24, 2.45) is 0 Å². The molecule has 0 spiro atoms. The molecular weight excluding hydrogens is 214 g/mol. The smallest absolute Gasteiger partial charge is 0.126 e. The summed E-state index contributed by atoms with van der Waals surface area (Å²) < 4.78 is 5.28. The molecule has 0 radical (unpaired) electrons. The molecule has 2 rings (SSSR count). The molecule has 0 bridgehead atoms. The van der Waals surface area contributed by atoms with Gasteiger partial charge in [0.25, 0.3) is 0 Å². The van der Waals surface area contributed by atoms with Crippen molar-refractivity contribution >= 4 is 10.8 Å². The van der Waals surface area contributed by atoms with Gasteiger partial charge in [-0.15, -0.1) is 0 Å². The lowest BCUT2D eigenvalue weighted by Gasteiger charge is -2.13. The molecule has 0 aliphatic heterocycles. The molecule has 0 amide bonds. The minimum atomic E-state index is -0.754. The Balaban J connectivity index is 2.63. The third-order valence-corrected chi connectivity index (χ3v) is 2.78. The van der Waals surface area contributed by atoms with Crippen LogP contribution in [0.5, 0.6) is 5.75 Å². The lowest BCUT2D eigenvalue weighted by atomic mass is 9.98. The zero-order valence-electron chi connectivity index (χ0n) is 9.55. The molecule has 86 valence electrons. The third-order valence-electron chi connectivity index (χ3n) is 2.78. The van der Waals surface area contributed by atoms with Crippen LogP contribution in [0.3, 0.4) is 0 Å². The molecular formula is C14H13NO2. The maximum atomic E-state index is 9.92. The average Bonchev–Trinajstić information content (AvgIpc) is 2.37. The number of nitriles is 1. The van der Waals surface area contributed by atoms with Crippen LogP contribution < -0.4 is 4.74 Å². The number of aliphatic hydroxyl groups is 1. The quantitative estimate of drug-likeness (QED) is 0.877. The fraction of sp³-hybridized carbons (Fsp3) is 0.214. The van der Waals surface area contributed by atoms with Crippen molar-refractivity contribution in [3.8, 4) is 11.8 Å². The van der Waals surface area contributed by atoms with Gasteiger partial charge in [-0.05, 0) is 17.0 Å². The number of benzene rings is 2. The number of hydrogen-bond acceptors (Lipinski definition) is 3. The van der Waals surface area contributed by atoms with E-state index in [-0.39, 0.29) is 6.42 Å². The minimum absolute atomic E-state index is 0.0936. The maximum absolute atomic E-state index is 9.92. The summed E-state index contributed by atoms with van der Waals surface area (Å²) >= 11 is 0. The standard InChI is InChI=1S/C14H13NO2/c1-17-14-7-6-11(13(16)8-9-15)10-4-2-3-5-12(10)14/h2-7,13,16H,8H2,1H3. The van der Waals surface area contributed by atoms with Gasteiger partial charge in [0.2, 0.25) is 0 Å². The number of fused-ring (bicyclic) bond motifs is 1. The highest BCUT2D eigenvalue weighted by Crippen LogP contribution is 2.32. The van der Waals surface area contributed by atoms with Crippen LogP contribution in [0, 0.1) is 11.3 Å². The van der Waals surface area contributed by atoms with Crippen LogP contribution in [0.15, 0.2) is 36.4 Å². The second-order valence-corrected chi connectivity index (χ2v) is 3.78. The first-order valence-corrected chi connectivity index (χ1v) is 5.38. The summed E-state index contributed by atoms with van der Waals surface area (Å²) in [7, 11) is 1.62. The van der Waals surface area contributed by atoms with Gasteiger partial charge in [0, 0.05) is 5.39 Å². The van der Waals surface area contributed by atoms with Crippen LogP contribution in [-0.2, 0) is 0 Å². The van der Waals surface area contributed by atoms with Crippen LogP contribution in [-0.4, -0.2) is 12.2 Å². The van der Waals surface area contributed by atoms with Crippen LogP contribution >= 0.6 is 0 Å². The van der Waals surface area contributed by atoms with Crippen molar-refractivity contribution in [1.82, 2.24) is 0 Å². The summed E-state index contributed by atoms with van der Waals surface area (Å²) in [4.78, 5) is 0. The highest BCUT2D eigenvalue weighted by molar-refractivity contribution is 5.91. The second kappa shape index (κ2) is 4.86. The molecule has 0 aliphatic rings. The summed E-state index contributed by atoms with van der Waals surface area (Å²) in [6.45, 7) is 0. The topological polar surface area (TPSA) is 53.2 Å². The van der Waals surface area contributed by atoms with Gasteiger partial charge in [-0.3, -0.25) is 0 Å². The molecule has 0 saturated carbocycles.